The number of benzene rings is 1. The standard InChI is InChI=1S/C14H18O/c1-3-10(2)11-7-8-13-12(9-11)5-4-6-14(13)15/h7-10H,3-6H2,1-2H3. The van der Waals surface area contributed by atoms with Crippen LogP contribution in [0, 0.1) is 0 Å². The van der Waals surface area contributed by atoms with Gasteiger partial charge >= 0.3 is 0 Å². The summed E-state index contributed by atoms with van der Waals surface area (Å²) in [7, 11) is 0. The van der Waals surface area contributed by atoms with Gasteiger partial charge in [-0.2, -0.15) is 0 Å². The fraction of sp³-hybridized carbons (Fsp3) is 0.500. The lowest BCUT2D eigenvalue weighted by molar-refractivity contribution is 0.0972. The van der Waals surface area contributed by atoms with Crippen molar-refractivity contribution >= 4 is 5.78 Å². The Kier molecular flexibility index (Phi) is 2.90. The van der Waals surface area contributed by atoms with E-state index in [1.807, 2.05) is 6.07 Å². The molecule has 0 N–H and O–H groups in total. The van der Waals surface area contributed by atoms with Crippen LogP contribution >= 0.6 is 0 Å². The monoisotopic (exact) mass is 202 g/mol. The van der Waals surface area contributed by atoms with Crippen LogP contribution < -0.4 is 0 Å². The summed E-state index contributed by atoms with van der Waals surface area (Å²) in [5.74, 6) is 0.930. The Hall–Kier alpha value is -1.11. The van der Waals surface area contributed by atoms with E-state index in [9.17, 15) is 4.79 Å². The first kappa shape index (κ1) is 10.4. The molecule has 0 bridgehead atoms. The molecular formula is C14H18O. The first-order valence-electron chi connectivity index (χ1n) is 5.88. The zero-order valence-corrected chi connectivity index (χ0v) is 9.55. The molecule has 15 heavy (non-hydrogen) atoms. The molecule has 1 nitrogen and oxygen atoms in total. The number of aryl methyl sites for hydroxylation is 1. The van der Waals surface area contributed by atoms with Crippen molar-refractivity contribution in [3.63, 3.8) is 0 Å². The number of hydrogen-bond acceptors (Lipinski definition) is 1. The number of carbonyl (C=O) groups is 1. The average molecular weight is 202 g/mol. The predicted molar refractivity (Wildman–Crippen MR) is 62.4 cm³/mol. The molecule has 1 unspecified atom stereocenters. The Labute approximate surface area is 91.5 Å². The number of fused-ring (bicyclic) bond motifs is 1. The van der Waals surface area contributed by atoms with Gasteiger partial charge in [0.2, 0.25) is 0 Å². The van der Waals surface area contributed by atoms with Gasteiger partial charge in [0.15, 0.2) is 5.78 Å². The number of rotatable bonds is 2. The number of hydrogen-bond donors (Lipinski definition) is 0. The van der Waals surface area contributed by atoms with E-state index in [2.05, 4.69) is 26.0 Å². The lowest BCUT2D eigenvalue weighted by Gasteiger charge is -2.17. The van der Waals surface area contributed by atoms with Crippen molar-refractivity contribution in [3.05, 3.63) is 34.9 Å². The Morgan fingerprint density at radius 3 is 2.87 bits per heavy atom. The van der Waals surface area contributed by atoms with E-state index >= 15 is 0 Å². The van der Waals surface area contributed by atoms with Gasteiger partial charge in [-0.25, -0.2) is 0 Å². The summed E-state index contributed by atoms with van der Waals surface area (Å²) in [4.78, 5) is 11.6. The summed E-state index contributed by atoms with van der Waals surface area (Å²) >= 11 is 0. The molecule has 80 valence electrons. The quantitative estimate of drug-likeness (QED) is 0.714. The zero-order valence-electron chi connectivity index (χ0n) is 9.55. The molecule has 0 heterocycles. The highest BCUT2D eigenvalue weighted by Crippen LogP contribution is 2.26. The normalized spacial score (nSPS) is 17.3. The van der Waals surface area contributed by atoms with Gasteiger partial charge in [-0.05, 0) is 36.3 Å². The minimum Gasteiger partial charge on any atom is -0.294 e. The Morgan fingerprint density at radius 2 is 2.13 bits per heavy atom. The molecule has 0 radical (unpaired) electrons. The van der Waals surface area contributed by atoms with Crippen LogP contribution in [0.2, 0.25) is 0 Å². The summed E-state index contributed by atoms with van der Waals surface area (Å²) in [6.07, 6.45) is 3.99. The molecule has 0 aliphatic heterocycles. The van der Waals surface area contributed by atoms with Crippen LogP contribution in [0.1, 0.15) is 60.5 Å². The molecule has 1 atom stereocenters. The van der Waals surface area contributed by atoms with Gasteiger partial charge in [0.1, 0.15) is 0 Å². The fourth-order valence-electron chi connectivity index (χ4n) is 2.21. The highest BCUT2D eigenvalue weighted by molar-refractivity contribution is 5.98. The lowest BCUT2D eigenvalue weighted by atomic mass is 9.87. The van der Waals surface area contributed by atoms with Gasteiger partial charge in [-0.3, -0.25) is 4.79 Å². The van der Waals surface area contributed by atoms with Crippen LogP contribution in [0.3, 0.4) is 0 Å². The average Bonchev–Trinajstić information content (AvgIpc) is 2.28. The molecule has 0 spiro atoms. The van der Waals surface area contributed by atoms with Crippen LogP contribution in [-0.4, -0.2) is 5.78 Å². The van der Waals surface area contributed by atoms with Crippen molar-refractivity contribution in [2.45, 2.75) is 45.4 Å². The van der Waals surface area contributed by atoms with Gasteiger partial charge in [-0.15, -0.1) is 0 Å². The van der Waals surface area contributed by atoms with Crippen LogP contribution in [0.4, 0.5) is 0 Å². The summed E-state index contributed by atoms with van der Waals surface area (Å²) in [5.41, 5.74) is 3.61. The van der Waals surface area contributed by atoms with Gasteiger partial charge < -0.3 is 0 Å². The third kappa shape index (κ3) is 1.97. The molecule has 1 heteroatoms. The summed E-state index contributed by atoms with van der Waals surface area (Å²) in [5, 5.41) is 0. The SMILES string of the molecule is CCC(C)c1ccc2c(c1)CCCC2=O. The van der Waals surface area contributed by atoms with Crippen molar-refractivity contribution in [3.8, 4) is 0 Å². The Balaban J connectivity index is 2.37. The van der Waals surface area contributed by atoms with Crippen LogP contribution in [0.5, 0.6) is 0 Å². The maximum Gasteiger partial charge on any atom is 0.163 e. The summed E-state index contributed by atoms with van der Waals surface area (Å²) in [6.45, 7) is 4.45. The third-order valence-electron chi connectivity index (χ3n) is 3.46. The van der Waals surface area contributed by atoms with Gasteiger partial charge in [0.05, 0.1) is 0 Å². The minimum absolute atomic E-state index is 0.326. The molecule has 2 rings (SSSR count). The maximum atomic E-state index is 11.6. The van der Waals surface area contributed by atoms with E-state index in [4.69, 9.17) is 0 Å². The van der Waals surface area contributed by atoms with Crippen LogP contribution in [0.25, 0.3) is 0 Å². The summed E-state index contributed by atoms with van der Waals surface area (Å²) in [6, 6.07) is 6.38. The zero-order chi connectivity index (χ0) is 10.8. The molecule has 0 fully saturated rings. The fourth-order valence-corrected chi connectivity index (χ4v) is 2.21. The van der Waals surface area contributed by atoms with E-state index in [0.717, 1.165) is 31.2 Å². The summed E-state index contributed by atoms with van der Waals surface area (Å²) < 4.78 is 0. The second kappa shape index (κ2) is 4.18. The smallest absolute Gasteiger partial charge is 0.163 e. The second-order valence-electron chi connectivity index (χ2n) is 4.50. The van der Waals surface area contributed by atoms with Crippen molar-refractivity contribution in [1.29, 1.82) is 0 Å². The van der Waals surface area contributed by atoms with Crippen molar-refractivity contribution in [2.75, 3.05) is 0 Å². The number of Topliss-reactive ketones (excluding diaryl/α,β-unsaturated/α-hetero) is 1. The second-order valence-corrected chi connectivity index (χ2v) is 4.50. The van der Waals surface area contributed by atoms with Crippen molar-refractivity contribution in [2.24, 2.45) is 0 Å². The predicted octanol–water partition coefficient (Wildman–Crippen LogP) is 3.72. The van der Waals surface area contributed by atoms with E-state index in [-0.39, 0.29) is 0 Å². The largest absolute Gasteiger partial charge is 0.294 e. The van der Waals surface area contributed by atoms with E-state index in [0.29, 0.717) is 11.7 Å². The molecule has 1 aliphatic carbocycles. The first-order chi connectivity index (χ1) is 7.22. The lowest BCUT2D eigenvalue weighted by Crippen LogP contribution is -2.11. The van der Waals surface area contributed by atoms with Crippen LogP contribution in [-0.2, 0) is 6.42 Å². The molecule has 1 aliphatic rings. The molecule has 1 aromatic carbocycles. The van der Waals surface area contributed by atoms with Gasteiger partial charge in [-0.1, -0.05) is 32.0 Å². The maximum absolute atomic E-state index is 11.6. The van der Waals surface area contributed by atoms with Crippen LogP contribution in [0.15, 0.2) is 18.2 Å². The first-order valence-corrected chi connectivity index (χ1v) is 5.88. The molecular weight excluding hydrogens is 184 g/mol. The van der Waals surface area contributed by atoms with E-state index in [1.165, 1.54) is 11.1 Å². The molecule has 1 aromatic rings. The Bertz CT molecular complexity index is 379. The number of carbonyl (C=O) groups excluding carboxylic acids is 1. The van der Waals surface area contributed by atoms with Crippen molar-refractivity contribution in [1.82, 2.24) is 0 Å². The van der Waals surface area contributed by atoms with Crippen molar-refractivity contribution < 1.29 is 4.79 Å². The number of ketones is 1. The highest BCUT2D eigenvalue weighted by Gasteiger charge is 2.17. The topological polar surface area (TPSA) is 17.1 Å². The highest BCUT2D eigenvalue weighted by atomic mass is 16.1. The molecule has 0 saturated heterocycles. The third-order valence-corrected chi connectivity index (χ3v) is 3.46. The minimum atomic E-state index is 0.326. The molecule has 0 amide bonds. The van der Waals surface area contributed by atoms with E-state index in [1.54, 1.807) is 0 Å². The van der Waals surface area contributed by atoms with Gasteiger partial charge in [0.25, 0.3) is 0 Å². The van der Waals surface area contributed by atoms with E-state index < -0.39 is 0 Å². The molecule has 0 saturated carbocycles. The van der Waals surface area contributed by atoms with Gasteiger partial charge in [0, 0.05) is 12.0 Å². The molecule has 0 aromatic heterocycles. The Morgan fingerprint density at radius 1 is 1.33 bits per heavy atom.